The van der Waals surface area contributed by atoms with Gasteiger partial charge in [-0.2, -0.15) is 4.98 Å². The lowest BCUT2D eigenvalue weighted by molar-refractivity contribution is 0.178. The lowest BCUT2D eigenvalue weighted by Crippen LogP contribution is -2.22. The number of H-pyrrole nitrogens is 1. The number of methoxy groups -OCH3 is 1. The molecule has 4 heterocycles. The molecule has 0 radical (unpaired) electrons. The third kappa shape index (κ3) is 3.47. The maximum atomic E-state index is 13.2. The summed E-state index contributed by atoms with van der Waals surface area (Å²) in [5, 5.41) is 8.02. The molecule has 0 unspecified atom stereocenters. The molecule has 0 aliphatic rings. The van der Waals surface area contributed by atoms with Crippen molar-refractivity contribution in [1.82, 2.24) is 29.3 Å². The van der Waals surface area contributed by atoms with Crippen LogP contribution in [-0.2, 0) is 17.9 Å². The summed E-state index contributed by atoms with van der Waals surface area (Å²) in [5.74, 6) is 0.682. The highest BCUT2D eigenvalue weighted by Crippen LogP contribution is 2.18. The van der Waals surface area contributed by atoms with Crippen LogP contribution in [0.25, 0.3) is 27.8 Å². The number of pyridine rings is 3. The number of aromatic amines is 1. The lowest BCUT2D eigenvalue weighted by atomic mass is 10.1. The smallest absolute Gasteiger partial charge is 0.267 e. The van der Waals surface area contributed by atoms with E-state index in [2.05, 4.69) is 20.2 Å². The molecule has 0 bridgehead atoms. The number of nitrogens with zero attached hydrogens (tertiary/aromatic N) is 5. The summed E-state index contributed by atoms with van der Waals surface area (Å²) in [5.41, 5.74) is 1.18. The normalized spacial score (nSPS) is 11.4. The van der Waals surface area contributed by atoms with Gasteiger partial charge in [-0.15, -0.1) is 5.10 Å². The molecule has 9 nitrogen and oxygen atoms in total. The fraction of sp³-hybridized carbons (Fsp3) is 0.136. The van der Waals surface area contributed by atoms with Gasteiger partial charge in [-0.05, 0) is 29.8 Å². The minimum absolute atomic E-state index is 0.188. The highest BCUT2D eigenvalue weighted by Gasteiger charge is 2.13. The van der Waals surface area contributed by atoms with E-state index in [0.29, 0.717) is 39.2 Å². The summed E-state index contributed by atoms with van der Waals surface area (Å²) in [6.07, 6.45) is 3.24. The SMILES string of the molecule is COCc1nc(-n2ccc3nc4ccn(Cc5ccccc5Cl)c(=O)c4cc3c2=O)n[nH]1. The molecule has 0 fully saturated rings. The Labute approximate surface area is 185 Å². The number of benzene rings is 1. The van der Waals surface area contributed by atoms with Gasteiger partial charge in [0.2, 0.25) is 0 Å². The fourth-order valence-electron chi connectivity index (χ4n) is 3.55. The van der Waals surface area contributed by atoms with Crippen molar-refractivity contribution in [2.75, 3.05) is 7.11 Å². The second kappa shape index (κ2) is 8.03. The van der Waals surface area contributed by atoms with Crippen molar-refractivity contribution >= 4 is 33.4 Å². The Morgan fingerprint density at radius 1 is 1.00 bits per heavy atom. The number of fused-ring (bicyclic) bond motifs is 2. The van der Waals surface area contributed by atoms with Crippen LogP contribution < -0.4 is 11.1 Å². The van der Waals surface area contributed by atoms with Crippen molar-refractivity contribution in [2.24, 2.45) is 0 Å². The summed E-state index contributed by atoms with van der Waals surface area (Å²) in [4.78, 5) is 35.1. The van der Waals surface area contributed by atoms with Crippen LogP contribution in [0, 0.1) is 0 Å². The molecule has 160 valence electrons. The van der Waals surface area contributed by atoms with Gasteiger partial charge >= 0.3 is 0 Å². The molecule has 0 saturated heterocycles. The van der Waals surface area contributed by atoms with Crippen molar-refractivity contribution in [1.29, 1.82) is 0 Å². The first-order valence-corrected chi connectivity index (χ1v) is 10.1. The van der Waals surface area contributed by atoms with Crippen LogP contribution in [0.1, 0.15) is 11.4 Å². The van der Waals surface area contributed by atoms with E-state index in [-0.39, 0.29) is 23.7 Å². The molecule has 0 atom stereocenters. The quantitative estimate of drug-likeness (QED) is 0.414. The number of ether oxygens (including phenoxy) is 1. The Hall–Kier alpha value is -3.82. The summed E-state index contributed by atoms with van der Waals surface area (Å²) < 4.78 is 7.87. The molecule has 5 aromatic rings. The molecular weight excluding hydrogens is 432 g/mol. The zero-order chi connectivity index (χ0) is 22.2. The fourth-order valence-corrected chi connectivity index (χ4v) is 3.75. The number of halogens is 1. The average Bonchev–Trinajstić information content (AvgIpc) is 3.25. The van der Waals surface area contributed by atoms with Gasteiger partial charge in [0, 0.05) is 24.5 Å². The summed E-state index contributed by atoms with van der Waals surface area (Å²) >= 11 is 6.25. The van der Waals surface area contributed by atoms with Crippen molar-refractivity contribution in [2.45, 2.75) is 13.2 Å². The predicted octanol–water partition coefficient (Wildman–Crippen LogP) is 2.67. The van der Waals surface area contributed by atoms with E-state index in [1.165, 1.54) is 4.57 Å². The Bertz CT molecular complexity index is 1590. The minimum Gasteiger partial charge on any atom is -0.377 e. The predicted molar refractivity (Wildman–Crippen MR) is 120 cm³/mol. The molecule has 1 N–H and O–H groups in total. The van der Waals surface area contributed by atoms with E-state index in [0.717, 1.165) is 5.56 Å². The van der Waals surface area contributed by atoms with Crippen LogP contribution in [0.15, 0.2) is 64.4 Å². The van der Waals surface area contributed by atoms with E-state index >= 15 is 0 Å². The highest BCUT2D eigenvalue weighted by atomic mass is 35.5. The number of nitrogens with one attached hydrogen (secondary N) is 1. The van der Waals surface area contributed by atoms with E-state index in [4.69, 9.17) is 16.3 Å². The molecule has 10 heteroatoms. The molecule has 0 spiro atoms. The first-order valence-electron chi connectivity index (χ1n) is 9.75. The van der Waals surface area contributed by atoms with Crippen molar-refractivity contribution in [3.8, 4) is 5.95 Å². The highest BCUT2D eigenvalue weighted by molar-refractivity contribution is 6.31. The van der Waals surface area contributed by atoms with E-state index in [1.54, 1.807) is 48.3 Å². The van der Waals surface area contributed by atoms with Crippen LogP contribution >= 0.6 is 11.6 Å². The first kappa shape index (κ1) is 20.1. The summed E-state index contributed by atoms with van der Waals surface area (Å²) in [7, 11) is 1.54. The third-order valence-corrected chi connectivity index (χ3v) is 5.50. The number of hydrogen-bond donors (Lipinski definition) is 1. The van der Waals surface area contributed by atoms with Crippen molar-refractivity contribution in [3.05, 3.63) is 92.0 Å². The van der Waals surface area contributed by atoms with Gasteiger partial charge in [0.15, 0.2) is 5.82 Å². The van der Waals surface area contributed by atoms with Gasteiger partial charge in [-0.3, -0.25) is 14.7 Å². The van der Waals surface area contributed by atoms with Crippen molar-refractivity contribution < 1.29 is 4.74 Å². The minimum atomic E-state index is -0.374. The number of aromatic nitrogens is 6. The molecule has 1 aromatic carbocycles. The Balaban J connectivity index is 1.64. The standard InChI is InChI=1S/C22H17ClN6O3/c1-32-12-19-25-22(27-26-19)29-9-7-18-15(21(29)31)10-14-17(24-18)6-8-28(20(14)30)11-13-4-2-3-5-16(13)23/h2-10H,11-12H2,1H3,(H,25,26,27). The second-order valence-corrected chi connectivity index (χ2v) is 7.61. The van der Waals surface area contributed by atoms with Crippen LogP contribution in [-0.4, -0.2) is 36.4 Å². The van der Waals surface area contributed by atoms with Crippen LogP contribution in [0.5, 0.6) is 0 Å². The van der Waals surface area contributed by atoms with E-state index in [1.807, 2.05) is 18.2 Å². The van der Waals surface area contributed by atoms with E-state index in [9.17, 15) is 9.59 Å². The first-order chi connectivity index (χ1) is 15.5. The monoisotopic (exact) mass is 448 g/mol. The average molecular weight is 449 g/mol. The van der Waals surface area contributed by atoms with Crippen molar-refractivity contribution in [3.63, 3.8) is 0 Å². The van der Waals surface area contributed by atoms with Gasteiger partial charge in [0.1, 0.15) is 6.61 Å². The lowest BCUT2D eigenvalue weighted by Gasteiger charge is -2.09. The number of hydrogen-bond acceptors (Lipinski definition) is 6. The summed E-state index contributed by atoms with van der Waals surface area (Å²) in [6.45, 7) is 0.553. The van der Waals surface area contributed by atoms with E-state index < -0.39 is 0 Å². The Kier molecular flexibility index (Phi) is 5.04. The Morgan fingerprint density at radius 3 is 2.53 bits per heavy atom. The molecule has 0 aliphatic carbocycles. The van der Waals surface area contributed by atoms with Crippen LogP contribution in [0.3, 0.4) is 0 Å². The maximum absolute atomic E-state index is 13.2. The van der Waals surface area contributed by atoms with Crippen LogP contribution in [0.4, 0.5) is 0 Å². The largest absolute Gasteiger partial charge is 0.377 e. The molecule has 4 aromatic heterocycles. The topological polar surface area (TPSA) is 108 Å². The zero-order valence-electron chi connectivity index (χ0n) is 16.9. The van der Waals surface area contributed by atoms with Crippen LogP contribution in [0.2, 0.25) is 5.02 Å². The molecule has 0 aliphatic heterocycles. The molecule has 0 amide bonds. The van der Waals surface area contributed by atoms with Gasteiger partial charge < -0.3 is 9.30 Å². The molecule has 0 saturated carbocycles. The third-order valence-electron chi connectivity index (χ3n) is 5.13. The molecule has 5 rings (SSSR count). The molecule has 32 heavy (non-hydrogen) atoms. The maximum Gasteiger partial charge on any atom is 0.267 e. The zero-order valence-corrected chi connectivity index (χ0v) is 17.7. The van der Waals surface area contributed by atoms with Gasteiger partial charge in [-0.25, -0.2) is 9.55 Å². The van der Waals surface area contributed by atoms with Gasteiger partial charge in [0.25, 0.3) is 17.1 Å². The number of rotatable bonds is 5. The van der Waals surface area contributed by atoms with Gasteiger partial charge in [0.05, 0.1) is 28.4 Å². The van der Waals surface area contributed by atoms with Gasteiger partial charge in [-0.1, -0.05) is 29.8 Å². The summed E-state index contributed by atoms with van der Waals surface area (Å²) in [6, 6.07) is 12.4. The second-order valence-electron chi connectivity index (χ2n) is 7.20. The molecular formula is C22H17ClN6O3. The Morgan fingerprint density at radius 2 is 1.75 bits per heavy atom.